The molecule has 2 atom stereocenters. The van der Waals surface area contributed by atoms with Crippen molar-refractivity contribution in [3.8, 4) is 0 Å². The van der Waals surface area contributed by atoms with E-state index >= 15 is 0 Å². The molecule has 1 aromatic rings. The lowest BCUT2D eigenvalue weighted by atomic mass is 9.81. The van der Waals surface area contributed by atoms with Crippen molar-refractivity contribution < 1.29 is 17.6 Å². The fraction of sp³-hybridized carbons (Fsp3) is 0.800. The topological polar surface area (TPSA) is 38.9 Å². The van der Waals surface area contributed by atoms with Crippen LogP contribution in [0.1, 0.15) is 43.4 Å². The van der Waals surface area contributed by atoms with Crippen molar-refractivity contribution >= 4 is 11.6 Å². The summed E-state index contributed by atoms with van der Waals surface area (Å²) >= 11 is 5.50. The molecule has 0 aliphatic heterocycles. The summed E-state index contributed by atoms with van der Waals surface area (Å²) in [5.74, 6) is -0.916. The average Bonchev–Trinajstić information content (AvgIpc) is 2.76. The first-order chi connectivity index (χ1) is 8.00. The van der Waals surface area contributed by atoms with E-state index < -0.39 is 12.1 Å². The van der Waals surface area contributed by atoms with Crippen molar-refractivity contribution in [2.45, 2.75) is 43.7 Å². The SMILES string of the molecule is FC(F)(F)C1CCCC(c2nnc(CCl)o2)C1. The summed E-state index contributed by atoms with van der Waals surface area (Å²) in [4.78, 5) is 0. The number of hydrogen-bond acceptors (Lipinski definition) is 3. The molecule has 1 heterocycles. The van der Waals surface area contributed by atoms with Gasteiger partial charge >= 0.3 is 6.18 Å². The van der Waals surface area contributed by atoms with E-state index in [-0.39, 0.29) is 36.4 Å². The van der Waals surface area contributed by atoms with Crippen LogP contribution in [0, 0.1) is 5.92 Å². The zero-order chi connectivity index (χ0) is 12.5. The van der Waals surface area contributed by atoms with Gasteiger partial charge in [0.05, 0.1) is 5.92 Å². The van der Waals surface area contributed by atoms with Gasteiger partial charge in [-0.1, -0.05) is 6.42 Å². The van der Waals surface area contributed by atoms with Crippen LogP contribution in [0.25, 0.3) is 0 Å². The van der Waals surface area contributed by atoms with E-state index in [1.165, 1.54) is 0 Å². The zero-order valence-corrected chi connectivity index (χ0v) is 9.76. The molecule has 1 aromatic heterocycles. The molecule has 0 radical (unpaired) electrons. The second-order valence-corrected chi connectivity index (χ2v) is 4.54. The molecular weight excluding hydrogens is 257 g/mol. The number of rotatable bonds is 2. The minimum Gasteiger partial charge on any atom is -0.424 e. The van der Waals surface area contributed by atoms with Gasteiger partial charge in [-0.3, -0.25) is 0 Å². The first kappa shape index (κ1) is 12.7. The van der Waals surface area contributed by atoms with Gasteiger partial charge in [-0.05, 0) is 19.3 Å². The van der Waals surface area contributed by atoms with E-state index in [0.29, 0.717) is 12.8 Å². The summed E-state index contributed by atoms with van der Waals surface area (Å²) < 4.78 is 43.1. The molecule has 1 aliphatic rings. The normalized spacial score (nSPS) is 26.1. The maximum Gasteiger partial charge on any atom is 0.391 e. The van der Waals surface area contributed by atoms with Crippen molar-refractivity contribution in [1.29, 1.82) is 0 Å². The molecule has 0 saturated heterocycles. The summed E-state index contributed by atoms with van der Waals surface area (Å²) in [6, 6.07) is 0. The molecule has 0 bridgehead atoms. The third-order valence-electron chi connectivity index (χ3n) is 3.08. The zero-order valence-electron chi connectivity index (χ0n) is 9.00. The molecule has 1 fully saturated rings. The van der Waals surface area contributed by atoms with Crippen LogP contribution in [0.15, 0.2) is 4.42 Å². The Morgan fingerprint density at radius 2 is 2.06 bits per heavy atom. The molecule has 2 unspecified atom stereocenters. The molecule has 0 aromatic carbocycles. The van der Waals surface area contributed by atoms with E-state index in [0.717, 1.165) is 0 Å². The quantitative estimate of drug-likeness (QED) is 0.769. The van der Waals surface area contributed by atoms with E-state index in [1.807, 2.05) is 0 Å². The monoisotopic (exact) mass is 268 g/mol. The van der Waals surface area contributed by atoms with Gasteiger partial charge in [0.1, 0.15) is 5.88 Å². The van der Waals surface area contributed by atoms with Crippen LogP contribution in [0.4, 0.5) is 13.2 Å². The molecule has 1 aliphatic carbocycles. The van der Waals surface area contributed by atoms with E-state index in [9.17, 15) is 13.2 Å². The molecule has 0 N–H and O–H groups in total. The van der Waals surface area contributed by atoms with Crippen molar-refractivity contribution in [2.24, 2.45) is 5.92 Å². The Kier molecular flexibility index (Phi) is 3.61. The first-order valence-electron chi connectivity index (χ1n) is 5.45. The lowest BCUT2D eigenvalue weighted by Crippen LogP contribution is -2.28. The lowest BCUT2D eigenvalue weighted by molar-refractivity contribution is -0.183. The van der Waals surface area contributed by atoms with Crippen LogP contribution < -0.4 is 0 Å². The Labute approximate surface area is 101 Å². The number of nitrogens with zero attached hydrogens (tertiary/aromatic N) is 2. The van der Waals surface area contributed by atoms with Crippen LogP contribution in [-0.2, 0) is 5.88 Å². The second-order valence-electron chi connectivity index (χ2n) is 4.27. The van der Waals surface area contributed by atoms with Crippen molar-refractivity contribution in [1.82, 2.24) is 10.2 Å². The van der Waals surface area contributed by atoms with Crippen molar-refractivity contribution in [3.63, 3.8) is 0 Å². The number of alkyl halides is 4. The van der Waals surface area contributed by atoms with E-state index in [2.05, 4.69) is 10.2 Å². The van der Waals surface area contributed by atoms with Crippen LogP contribution in [0.5, 0.6) is 0 Å². The molecule has 3 nitrogen and oxygen atoms in total. The number of halogens is 4. The molecule has 96 valence electrons. The highest BCUT2D eigenvalue weighted by Crippen LogP contribution is 2.43. The van der Waals surface area contributed by atoms with Crippen LogP contribution in [-0.4, -0.2) is 16.4 Å². The Balaban J connectivity index is 2.06. The highest BCUT2D eigenvalue weighted by molar-refractivity contribution is 6.16. The summed E-state index contributed by atoms with van der Waals surface area (Å²) in [5, 5.41) is 7.43. The Morgan fingerprint density at radius 1 is 1.29 bits per heavy atom. The molecule has 7 heteroatoms. The predicted octanol–water partition coefficient (Wildman–Crippen LogP) is 3.64. The third kappa shape index (κ3) is 2.91. The number of hydrogen-bond donors (Lipinski definition) is 0. The van der Waals surface area contributed by atoms with E-state index in [1.54, 1.807) is 0 Å². The molecule has 0 amide bonds. The van der Waals surface area contributed by atoms with Crippen molar-refractivity contribution in [3.05, 3.63) is 11.8 Å². The molecular formula is C10H12ClF3N2O. The second kappa shape index (κ2) is 4.84. The third-order valence-corrected chi connectivity index (χ3v) is 3.31. The predicted molar refractivity (Wildman–Crippen MR) is 54.6 cm³/mol. The van der Waals surface area contributed by atoms with Gasteiger partial charge in [-0.15, -0.1) is 21.8 Å². The van der Waals surface area contributed by atoms with Crippen molar-refractivity contribution in [2.75, 3.05) is 0 Å². The van der Waals surface area contributed by atoms with Gasteiger partial charge in [-0.2, -0.15) is 13.2 Å². The maximum atomic E-state index is 12.6. The Bertz CT molecular complexity index is 380. The van der Waals surface area contributed by atoms with Gasteiger partial charge in [0.15, 0.2) is 0 Å². The van der Waals surface area contributed by atoms with Crippen LogP contribution >= 0.6 is 11.6 Å². The minimum absolute atomic E-state index is 0.0351. The van der Waals surface area contributed by atoms with Gasteiger partial charge in [0.25, 0.3) is 0 Å². The van der Waals surface area contributed by atoms with Crippen LogP contribution in [0.2, 0.25) is 0 Å². The summed E-state index contributed by atoms with van der Waals surface area (Å²) in [7, 11) is 0. The summed E-state index contributed by atoms with van der Waals surface area (Å²) in [5.41, 5.74) is 0. The Hall–Kier alpha value is -0.780. The summed E-state index contributed by atoms with van der Waals surface area (Å²) in [6.45, 7) is 0. The first-order valence-corrected chi connectivity index (χ1v) is 5.99. The highest BCUT2D eigenvalue weighted by Gasteiger charge is 2.43. The Morgan fingerprint density at radius 3 is 2.65 bits per heavy atom. The average molecular weight is 269 g/mol. The lowest BCUT2D eigenvalue weighted by Gasteiger charge is -2.28. The standard InChI is InChI=1S/C10H12ClF3N2O/c11-5-8-15-16-9(17-8)6-2-1-3-7(4-6)10(12,13)14/h6-7H,1-5H2. The largest absolute Gasteiger partial charge is 0.424 e. The number of aromatic nitrogens is 2. The summed E-state index contributed by atoms with van der Waals surface area (Å²) in [6.07, 6.45) is -2.71. The van der Waals surface area contributed by atoms with E-state index in [4.69, 9.17) is 16.0 Å². The molecule has 1 saturated carbocycles. The van der Waals surface area contributed by atoms with Gasteiger partial charge in [-0.25, -0.2) is 0 Å². The van der Waals surface area contributed by atoms with Gasteiger partial charge in [0, 0.05) is 5.92 Å². The van der Waals surface area contributed by atoms with Gasteiger partial charge in [0.2, 0.25) is 11.8 Å². The fourth-order valence-electron chi connectivity index (χ4n) is 2.20. The fourth-order valence-corrected chi connectivity index (χ4v) is 2.30. The molecule has 17 heavy (non-hydrogen) atoms. The highest BCUT2D eigenvalue weighted by atomic mass is 35.5. The van der Waals surface area contributed by atoms with Crippen LogP contribution in [0.3, 0.4) is 0 Å². The molecule has 0 spiro atoms. The molecule has 2 rings (SSSR count). The minimum atomic E-state index is -4.13. The maximum absolute atomic E-state index is 12.6. The van der Waals surface area contributed by atoms with Gasteiger partial charge < -0.3 is 4.42 Å². The smallest absolute Gasteiger partial charge is 0.391 e.